The number of hydrogen-bond acceptors (Lipinski definition) is 3. The minimum absolute atomic E-state index is 0.0798. The average molecular weight is 364 g/mol. The Bertz CT molecular complexity index is 790. The summed E-state index contributed by atoms with van der Waals surface area (Å²) < 4.78 is 21.4. The molecule has 1 heterocycles. The van der Waals surface area contributed by atoms with Crippen molar-refractivity contribution in [1.82, 2.24) is 4.57 Å². The van der Waals surface area contributed by atoms with E-state index in [2.05, 4.69) is 4.99 Å². The van der Waals surface area contributed by atoms with E-state index in [4.69, 9.17) is 4.74 Å². The van der Waals surface area contributed by atoms with Gasteiger partial charge < -0.3 is 9.30 Å². The zero-order valence-electron chi connectivity index (χ0n) is 14.7. The van der Waals surface area contributed by atoms with E-state index in [0.29, 0.717) is 30.3 Å². The molecule has 0 bridgehead atoms. The van der Waals surface area contributed by atoms with Crippen LogP contribution in [0.5, 0.6) is 0 Å². The van der Waals surface area contributed by atoms with Crippen LogP contribution in [-0.2, 0) is 16.1 Å². The first-order valence-corrected chi connectivity index (χ1v) is 9.84. The van der Waals surface area contributed by atoms with Gasteiger partial charge in [-0.05, 0) is 30.5 Å². The number of fused-ring (bicyclic) bond motifs is 1. The summed E-state index contributed by atoms with van der Waals surface area (Å²) in [6, 6.07) is 4.67. The van der Waals surface area contributed by atoms with Gasteiger partial charge in [0.25, 0.3) is 0 Å². The van der Waals surface area contributed by atoms with Crippen LogP contribution in [0.1, 0.15) is 44.9 Å². The predicted octanol–water partition coefficient (Wildman–Crippen LogP) is 4.28. The molecule has 136 valence electrons. The fourth-order valence-electron chi connectivity index (χ4n) is 3.50. The summed E-state index contributed by atoms with van der Waals surface area (Å²) in [5.74, 6) is 0.316. The zero-order chi connectivity index (χ0) is 17.6. The third-order valence-corrected chi connectivity index (χ3v) is 5.92. The van der Waals surface area contributed by atoms with Crippen LogP contribution >= 0.6 is 11.3 Å². The number of methoxy groups -OCH3 is 1. The van der Waals surface area contributed by atoms with Crippen LogP contribution in [-0.4, -0.2) is 24.2 Å². The first-order chi connectivity index (χ1) is 12.2. The number of carbonyl (C=O) groups excluding carboxylic acids is 1. The van der Waals surface area contributed by atoms with Gasteiger partial charge in [0, 0.05) is 20.1 Å². The second-order valence-corrected chi connectivity index (χ2v) is 7.70. The molecule has 0 unspecified atom stereocenters. The third-order valence-electron chi connectivity index (χ3n) is 4.88. The van der Waals surface area contributed by atoms with Crippen LogP contribution in [0.15, 0.2) is 23.2 Å². The molecule has 1 fully saturated rings. The van der Waals surface area contributed by atoms with Gasteiger partial charge >= 0.3 is 0 Å². The predicted molar refractivity (Wildman–Crippen MR) is 98.0 cm³/mol. The first kappa shape index (κ1) is 18.3. The van der Waals surface area contributed by atoms with Crippen molar-refractivity contribution in [3.05, 3.63) is 28.8 Å². The van der Waals surface area contributed by atoms with E-state index in [1.807, 2.05) is 4.57 Å². The molecule has 0 radical (unpaired) electrons. The summed E-state index contributed by atoms with van der Waals surface area (Å²) in [4.78, 5) is 17.3. The number of thiazole rings is 1. The Hall–Kier alpha value is -1.53. The lowest BCUT2D eigenvalue weighted by atomic mass is 9.86. The summed E-state index contributed by atoms with van der Waals surface area (Å²) in [6.07, 6.45) is 7.81. The summed E-state index contributed by atoms with van der Waals surface area (Å²) in [7, 11) is 1.64. The summed E-state index contributed by atoms with van der Waals surface area (Å²) >= 11 is 1.36. The Morgan fingerprint density at radius 1 is 1.36 bits per heavy atom. The number of nitrogens with zero attached hydrogens (tertiary/aromatic N) is 2. The van der Waals surface area contributed by atoms with Crippen molar-refractivity contribution in [1.29, 1.82) is 0 Å². The quantitative estimate of drug-likeness (QED) is 0.768. The molecule has 1 aromatic carbocycles. The Kier molecular flexibility index (Phi) is 6.37. The minimum Gasteiger partial charge on any atom is -0.383 e. The molecule has 2 aromatic rings. The largest absolute Gasteiger partial charge is 0.383 e. The van der Waals surface area contributed by atoms with Gasteiger partial charge in [-0.25, -0.2) is 4.39 Å². The molecule has 3 rings (SSSR count). The molecule has 0 aliphatic heterocycles. The van der Waals surface area contributed by atoms with Crippen LogP contribution in [0.2, 0.25) is 0 Å². The number of amides is 1. The minimum atomic E-state index is -0.275. The molecule has 0 saturated heterocycles. The van der Waals surface area contributed by atoms with Gasteiger partial charge in [-0.1, -0.05) is 43.4 Å². The van der Waals surface area contributed by atoms with Gasteiger partial charge in [0.05, 0.1) is 16.8 Å². The first-order valence-electron chi connectivity index (χ1n) is 9.03. The van der Waals surface area contributed by atoms with Gasteiger partial charge in [0.2, 0.25) is 5.91 Å². The van der Waals surface area contributed by atoms with E-state index in [1.165, 1.54) is 55.6 Å². The molecular formula is C19H25FN2O2S. The molecule has 1 aliphatic carbocycles. The Labute approximate surface area is 151 Å². The monoisotopic (exact) mass is 364 g/mol. The molecule has 0 atom stereocenters. The fraction of sp³-hybridized carbons (Fsp3) is 0.579. The van der Waals surface area contributed by atoms with Gasteiger partial charge in [0.15, 0.2) is 4.80 Å². The van der Waals surface area contributed by atoms with Crippen LogP contribution < -0.4 is 4.80 Å². The number of carbonyl (C=O) groups is 1. The summed E-state index contributed by atoms with van der Waals surface area (Å²) in [5.41, 5.74) is 0.891. The Morgan fingerprint density at radius 3 is 2.92 bits per heavy atom. The summed E-state index contributed by atoms with van der Waals surface area (Å²) in [6.45, 7) is 1.11. The third kappa shape index (κ3) is 4.76. The maximum absolute atomic E-state index is 13.5. The number of ether oxygens (including phenoxy) is 1. The number of halogens is 1. The SMILES string of the molecule is COCCn1c(=NC(=O)CCC2CCCCC2)sc2cc(F)ccc21. The fourth-order valence-corrected chi connectivity index (χ4v) is 4.60. The Morgan fingerprint density at radius 2 is 2.16 bits per heavy atom. The molecule has 4 nitrogen and oxygen atoms in total. The van der Waals surface area contributed by atoms with Crippen molar-refractivity contribution in [3.8, 4) is 0 Å². The average Bonchev–Trinajstić information content (AvgIpc) is 2.95. The molecule has 1 saturated carbocycles. The van der Waals surface area contributed by atoms with Gasteiger partial charge in [-0.15, -0.1) is 0 Å². The molecule has 0 spiro atoms. The van der Waals surface area contributed by atoms with Crippen molar-refractivity contribution < 1.29 is 13.9 Å². The summed E-state index contributed by atoms with van der Waals surface area (Å²) in [5, 5.41) is 0. The second-order valence-electron chi connectivity index (χ2n) is 6.69. The number of benzene rings is 1. The van der Waals surface area contributed by atoms with Crippen LogP contribution in [0.25, 0.3) is 10.2 Å². The number of hydrogen-bond donors (Lipinski definition) is 0. The standard InChI is InChI=1S/C19H25FN2O2S/c1-24-12-11-22-16-9-8-15(20)13-17(16)25-19(22)21-18(23)10-7-14-5-3-2-4-6-14/h8-9,13-14H,2-7,10-12H2,1H3. The van der Waals surface area contributed by atoms with Crippen molar-refractivity contribution in [2.45, 2.75) is 51.5 Å². The van der Waals surface area contributed by atoms with Gasteiger partial charge in [-0.2, -0.15) is 4.99 Å². The molecule has 1 aromatic heterocycles. The highest BCUT2D eigenvalue weighted by atomic mass is 32.1. The van der Waals surface area contributed by atoms with Crippen LogP contribution in [0.3, 0.4) is 0 Å². The highest BCUT2D eigenvalue weighted by Gasteiger charge is 2.15. The smallest absolute Gasteiger partial charge is 0.248 e. The van der Waals surface area contributed by atoms with Crippen molar-refractivity contribution >= 4 is 27.5 Å². The molecule has 1 aliphatic rings. The van der Waals surface area contributed by atoms with E-state index in [-0.39, 0.29) is 11.7 Å². The Balaban J connectivity index is 1.79. The normalized spacial score (nSPS) is 16.6. The van der Waals surface area contributed by atoms with Crippen molar-refractivity contribution in [2.24, 2.45) is 10.9 Å². The van der Waals surface area contributed by atoms with Gasteiger partial charge in [-0.3, -0.25) is 4.79 Å². The van der Waals surface area contributed by atoms with Gasteiger partial charge in [0.1, 0.15) is 5.82 Å². The molecule has 6 heteroatoms. The van der Waals surface area contributed by atoms with E-state index in [9.17, 15) is 9.18 Å². The highest BCUT2D eigenvalue weighted by molar-refractivity contribution is 7.16. The lowest BCUT2D eigenvalue weighted by Crippen LogP contribution is -2.19. The maximum atomic E-state index is 13.5. The van der Waals surface area contributed by atoms with Crippen molar-refractivity contribution in [3.63, 3.8) is 0 Å². The molecular weight excluding hydrogens is 339 g/mol. The lowest BCUT2D eigenvalue weighted by molar-refractivity contribution is -0.118. The van der Waals surface area contributed by atoms with Crippen LogP contribution in [0, 0.1) is 11.7 Å². The maximum Gasteiger partial charge on any atom is 0.248 e. The van der Waals surface area contributed by atoms with Crippen molar-refractivity contribution in [2.75, 3.05) is 13.7 Å². The lowest BCUT2D eigenvalue weighted by Gasteiger charge is -2.20. The van der Waals surface area contributed by atoms with E-state index < -0.39 is 0 Å². The highest BCUT2D eigenvalue weighted by Crippen LogP contribution is 2.27. The second kappa shape index (κ2) is 8.72. The van der Waals surface area contributed by atoms with E-state index in [0.717, 1.165) is 16.6 Å². The molecule has 0 N–H and O–H groups in total. The molecule has 25 heavy (non-hydrogen) atoms. The zero-order valence-corrected chi connectivity index (χ0v) is 15.5. The molecule has 1 amide bonds. The van der Waals surface area contributed by atoms with E-state index >= 15 is 0 Å². The number of aromatic nitrogens is 1. The van der Waals surface area contributed by atoms with E-state index in [1.54, 1.807) is 13.2 Å². The number of rotatable bonds is 6. The topological polar surface area (TPSA) is 43.6 Å². The van der Waals surface area contributed by atoms with Crippen LogP contribution in [0.4, 0.5) is 4.39 Å².